The molecule has 1 N–H and O–H groups in total. The average molecular weight is 513 g/mol. The van der Waals surface area contributed by atoms with Gasteiger partial charge in [-0.15, -0.1) is 0 Å². The second kappa shape index (κ2) is 10.5. The number of carbonyl (C=O) groups is 1. The summed E-state index contributed by atoms with van der Waals surface area (Å²) >= 11 is 5.99. The van der Waals surface area contributed by atoms with Crippen molar-refractivity contribution in [1.82, 2.24) is 4.31 Å². The number of anilines is 1. The van der Waals surface area contributed by atoms with Gasteiger partial charge >= 0.3 is 6.18 Å². The van der Waals surface area contributed by atoms with Crippen molar-refractivity contribution in [3.63, 3.8) is 0 Å². The monoisotopic (exact) mass is 512 g/mol. The van der Waals surface area contributed by atoms with Gasteiger partial charge in [0.15, 0.2) is 0 Å². The number of para-hydroxylation sites is 1. The quantitative estimate of drug-likeness (QED) is 0.450. The molecule has 6 nitrogen and oxygen atoms in total. The fraction of sp³-hybridized carbons (Fsp3) is 0.174. The number of amides is 1. The fourth-order valence-corrected chi connectivity index (χ4v) is 5.00. The Morgan fingerprint density at radius 3 is 2.32 bits per heavy atom. The first kappa shape index (κ1) is 25.5. The van der Waals surface area contributed by atoms with E-state index in [2.05, 4.69) is 5.32 Å². The molecule has 0 saturated carbocycles. The minimum absolute atomic E-state index is 0.00490. The first-order chi connectivity index (χ1) is 16.0. The maximum absolute atomic E-state index is 13.5. The zero-order valence-corrected chi connectivity index (χ0v) is 19.4. The maximum atomic E-state index is 13.5. The number of halogens is 4. The lowest BCUT2D eigenvalue weighted by atomic mass is 10.1. The van der Waals surface area contributed by atoms with Crippen LogP contribution in [-0.2, 0) is 27.5 Å². The standard InChI is InChI=1S/C23H20ClF3N2O4S/c1-33-20-12-11-17(24)13-21(20)34(31,32)29(14-16-7-3-2-4-8-16)15-22(30)28-19-10-6-5-9-18(19)23(25,26)27/h2-13H,14-15H2,1H3,(H,28,30). The summed E-state index contributed by atoms with van der Waals surface area (Å²) in [5.41, 5.74) is -0.953. The Bertz CT molecular complexity index is 1270. The van der Waals surface area contributed by atoms with Crippen molar-refractivity contribution in [2.24, 2.45) is 0 Å². The highest BCUT2D eigenvalue weighted by Crippen LogP contribution is 2.35. The number of carbonyl (C=O) groups excluding carboxylic acids is 1. The number of hydrogen-bond acceptors (Lipinski definition) is 4. The zero-order valence-electron chi connectivity index (χ0n) is 17.8. The first-order valence-corrected chi connectivity index (χ1v) is 11.7. The summed E-state index contributed by atoms with van der Waals surface area (Å²) < 4.78 is 72.9. The van der Waals surface area contributed by atoms with E-state index in [4.69, 9.17) is 16.3 Å². The normalized spacial score (nSPS) is 11.9. The van der Waals surface area contributed by atoms with E-state index in [1.807, 2.05) is 0 Å². The van der Waals surface area contributed by atoms with Gasteiger partial charge in [-0.2, -0.15) is 17.5 Å². The van der Waals surface area contributed by atoms with Gasteiger partial charge in [0.1, 0.15) is 10.6 Å². The van der Waals surface area contributed by atoms with Crippen LogP contribution in [0.2, 0.25) is 5.02 Å². The topological polar surface area (TPSA) is 75.7 Å². The Kier molecular flexibility index (Phi) is 7.86. The summed E-state index contributed by atoms with van der Waals surface area (Å²) in [6, 6.07) is 16.9. The van der Waals surface area contributed by atoms with E-state index in [1.54, 1.807) is 30.3 Å². The van der Waals surface area contributed by atoms with Gasteiger partial charge in [0, 0.05) is 11.6 Å². The molecule has 1 amide bonds. The highest BCUT2D eigenvalue weighted by atomic mass is 35.5. The van der Waals surface area contributed by atoms with Crippen LogP contribution in [0.25, 0.3) is 0 Å². The molecule has 0 atom stereocenters. The Labute approximate surface area is 200 Å². The van der Waals surface area contributed by atoms with Gasteiger partial charge in [0.25, 0.3) is 0 Å². The molecule has 0 spiro atoms. The van der Waals surface area contributed by atoms with Crippen LogP contribution >= 0.6 is 11.6 Å². The summed E-state index contributed by atoms with van der Waals surface area (Å²) in [4.78, 5) is 12.5. The molecule has 0 aliphatic rings. The van der Waals surface area contributed by atoms with Crippen LogP contribution in [0.4, 0.5) is 18.9 Å². The minimum Gasteiger partial charge on any atom is -0.495 e. The third-order valence-electron chi connectivity index (χ3n) is 4.77. The molecule has 0 aromatic heterocycles. The van der Waals surface area contributed by atoms with Crippen LogP contribution < -0.4 is 10.1 Å². The number of alkyl halides is 3. The number of benzene rings is 3. The lowest BCUT2D eigenvalue weighted by molar-refractivity contribution is -0.137. The highest BCUT2D eigenvalue weighted by Gasteiger charge is 2.34. The molecule has 0 radical (unpaired) electrons. The van der Waals surface area contributed by atoms with E-state index in [-0.39, 0.29) is 22.2 Å². The molecule has 3 aromatic carbocycles. The lowest BCUT2D eigenvalue weighted by Crippen LogP contribution is -2.38. The molecule has 0 unspecified atom stereocenters. The molecule has 0 heterocycles. The smallest absolute Gasteiger partial charge is 0.418 e. The third-order valence-corrected chi connectivity index (χ3v) is 6.82. The van der Waals surface area contributed by atoms with Crippen molar-refractivity contribution in [3.8, 4) is 5.75 Å². The second-order valence-corrected chi connectivity index (χ2v) is 9.49. The van der Waals surface area contributed by atoms with E-state index in [0.29, 0.717) is 5.56 Å². The molecule has 3 rings (SSSR count). The van der Waals surface area contributed by atoms with Crippen LogP contribution in [0.1, 0.15) is 11.1 Å². The summed E-state index contributed by atoms with van der Waals surface area (Å²) in [5.74, 6) is -0.942. The Morgan fingerprint density at radius 2 is 1.68 bits per heavy atom. The number of methoxy groups -OCH3 is 1. The summed E-state index contributed by atoms with van der Waals surface area (Å²) in [6.45, 7) is -0.966. The van der Waals surface area contributed by atoms with Gasteiger partial charge in [-0.05, 0) is 35.9 Å². The van der Waals surface area contributed by atoms with Gasteiger partial charge in [0.05, 0.1) is 24.9 Å². The predicted octanol–water partition coefficient (Wildman–Crippen LogP) is 5.20. The Balaban J connectivity index is 1.96. The molecule has 0 aliphatic carbocycles. The van der Waals surface area contributed by atoms with E-state index in [9.17, 15) is 26.4 Å². The SMILES string of the molecule is COc1ccc(Cl)cc1S(=O)(=O)N(CC(=O)Nc1ccccc1C(F)(F)F)Cc1ccccc1. The van der Waals surface area contributed by atoms with Gasteiger partial charge < -0.3 is 10.1 Å². The van der Waals surface area contributed by atoms with Gasteiger partial charge in [0.2, 0.25) is 15.9 Å². The van der Waals surface area contributed by atoms with Crippen molar-refractivity contribution in [3.05, 3.63) is 88.9 Å². The van der Waals surface area contributed by atoms with Crippen LogP contribution in [-0.4, -0.2) is 32.3 Å². The molecule has 180 valence electrons. The van der Waals surface area contributed by atoms with Crippen molar-refractivity contribution >= 4 is 33.2 Å². The van der Waals surface area contributed by atoms with E-state index < -0.39 is 39.9 Å². The van der Waals surface area contributed by atoms with Crippen molar-refractivity contribution < 1.29 is 31.1 Å². The number of ether oxygens (including phenoxy) is 1. The van der Waals surface area contributed by atoms with Crippen LogP contribution in [0.5, 0.6) is 5.75 Å². The number of nitrogens with one attached hydrogen (secondary N) is 1. The van der Waals surface area contributed by atoms with Gasteiger partial charge in [-0.3, -0.25) is 4.79 Å². The van der Waals surface area contributed by atoms with Crippen LogP contribution in [0, 0.1) is 0 Å². The first-order valence-electron chi connectivity index (χ1n) is 9.86. The number of sulfonamides is 1. The maximum Gasteiger partial charge on any atom is 0.418 e. The number of rotatable bonds is 8. The predicted molar refractivity (Wildman–Crippen MR) is 122 cm³/mol. The van der Waals surface area contributed by atoms with Crippen molar-refractivity contribution in [1.29, 1.82) is 0 Å². The largest absolute Gasteiger partial charge is 0.495 e. The van der Waals surface area contributed by atoms with E-state index in [1.165, 1.54) is 37.4 Å². The van der Waals surface area contributed by atoms with E-state index >= 15 is 0 Å². The molecule has 0 aliphatic heterocycles. The Morgan fingerprint density at radius 1 is 1.03 bits per heavy atom. The highest BCUT2D eigenvalue weighted by molar-refractivity contribution is 7.89. The number of nitrogens with zero attached hydrogens (tertiary/aromatic N) is 1. The van der Waals surface area contributed by atoms with E-state index in [0.717, 1.165) is 16.4 Å². The molecular weight excluding hydrogens is 493 g/mol. The summed E-state index contributed by atoms with van der Waals surface area (Å²) in [6.07, 6.45) is -4.70. The molecular formula is C23H20ClF3N2O4S. The number of hydrogen-bond donors (Lipinski definition) is 1. The fourth-order valence-electron chi connectivity index (χ4n) is 3.19. The molecule has 34 heavy (non-hydrogen) atoms. The molecule has 0 fully saturated rings. The second-order valence-electron chi connectivity index (χ2n) is 7.15. The van der Waals surface area contributed by atoms with Crippen molar-refractivity contribution in [2.75, 3.05) is 19.0 Å². The zero-order chi connectivity index (χ0) is 24.9. The van der Waals surface area contributed by atoms with Crippen molar-refractivity contribution in [2.45, 2.75) is 17.6 Å². The lowest BCUT2D eigenvalue weighted by Gasteiger charge is -2.23. The molecule has 0 bridgehead atoms. The summed E-state index contributed by atoms with van der Waals surface area (Å²) in [7, 11) is -3.07. The minimum atomic E-state index is -4.70. The van der Waals surface area contributed by atoms with Gasteiger partial charge in [-0.25, -0.2) is 8.42 Å². The molecule has 0 saturated heterocycles. The van der Waals surface area contributed by atoms with Gasteiger partial charge in [-0.1, -0.05) is 54.1 Å². The average Bonchev–Trinajstić information content (AvgIpc) is 2.79. The summed E-state index contributed by atoms with van der Waals surface area (Å²) in [5, 5.41) is 2.30. The molecule has 3 aromatic rings. The van der Waals surface area contributed by atoms with Crippen LogP contribution in [0.3, 0.4) is 0 Å². The van der Waals surface area contributed by atoms with Crippen LogP contribution in [0.15, 0.2) is 77.7 Å². The Hall–Kier alpha value is -3.08. The third kappa shape index (κ3) is 6.07. The molecule has 11 heteroatoms.